The Balaban J connectivity index is 1.35. The Morgan fingerprint density at radius 1 is 0.808 bits per heavy atom. The van der Waals surface area contributed by atoms with Crippen LogP contribution in [0, 0.1) is 23.7 Å². The lowest BCUT2D eigenvalue weighted by molar-refractivity contribution is -0.127. The first-order valence-corrected chi connectivity index (χ1v) is 17.1. The van der Waals surface area contributed by atoms with Gasteiger partial charge in [0.05, 0.1) is 41.7 Å². The highest BCUT2D eigenvalue weighted by molar-refractivity contribution is 6.32. The van der Waals surface area contributed by atoms with Gasteiger partial charge in [0, 0.05) is 22.6 Å². The summed E-state index contributed by atoms with van der Waals surface area (Å²) in [6.45, 7) is 0. The molecule has 3 fully saturated rings. The van der Waals surface area contributed by atoms with Crippen LogP contribution in [0.15, 0.2) is 103 Å². The average Bonchev–Trinajstić information content (AvgIpc) is 3.52. The lowest BCUT2D eigenvalue weighted by Gasteiger charge is -2.51. The average molecular weight is 719 g/mol. The Hall–Kier alpha value is -5.94. The third-order valence-corrected chi connectivity index (χ3v) is 11.4. The molecule has 262 valence electrons. The number of anilines is 2. The second kappa shape index (κ2) is 12.1. The largest absolute Gasteiger partial charge is 0.508 e. The number of phenols is 2. The molecule has 6 unspecified atom stereocenters. The monoisotopic (exact) mass is 718 g/mol. The molecule has 0 aromatic heterocycles. The second-order valence-electron chi connectivity index (χ2n) is 13.5. The summed E-state index contributed by atoms with van der Waals surface area (Å²) in [6.07, 6.45) is 1.98. The lowest BCUT2D eigenvalue weighted by atomic mass is 9.49. The number of aromatic carboxylic acids is 1. The Morgan fingerprint density at radius 2 is 1.54 bits per heavy atom. The zero-order valence-electron chi connectivity index (χ0n) is 27.6. The normalized spacial score (nSPS) is 26.5. The molecule has 12 heteroatoms. The first kappa shape index (κ1) is 33.2. The fraction of sp³-hybridized carbons (Fsp3) is 0.225. The van der Waals surface area contributed by atoms with Crippen molar-refractivity contribution >= 4 is 52.6 Å². The van der Waals surface area contributed by atoms with Crippen molar-refractivity contribution in [3.63, 3.8) is 0 Å². The van der Waals surface area contributed by atoms with Crippen molar-refractivity contribution < 1.29 is 44.0 Å². The summed E-state index contributed by atoms with van der Waals surface area (Å²) in [5, 5.41) is 31.8. The Kier molecular flexibility index (Phi) is 7.72. The number of halogens is 1. The highest BCUT2D eigenvalue weighted by atomic mass is 35.5. The van der Waals surface area contributed by atoms with Crippen LogP contribution in [0.25, 0.3) is 0 Å². The lowest BCUT2D eigenvalue weighted by Crippen LogP contribution is -2.53. The molecule has 4 aliphatic rings. The summed E-state index contributed by atoms with van der Waals surface area (Å²) in [4.78, 5) is 72.5. The van der Waals surface area contributed by atoms with Gasteiger partial charge in [0.25, 0.3) is 0 Å². The number of rotatable bonds is 6. The maximum Gasteiger partial charge on any atom is 0.339 e. The molecule has 3 N–H and O–H groups in total. The molecule has 2 saturated heterocycles. The van der Waals surface area contributed by atoms with E-state index in [2.05, 4.69) is 0 Å². The number of hydrogen-bond donors (Lipinski definition) is 3. The number of allylic oxidation sites excluding steroid dienone is 2. The van der Waals surface area contributed by atoms with E-state index in [1.54, 1.807) is 60.7 Å². The van der Waals surface area contributed by atoms with E-state index in [1.807, 2.05) is 6.08 Å². The zero-order valence-corrected chi connectivity index (χ0v) is 28.4. The highest BCUT2D eigenvalue weighted by Crippen LogP contribution is 2.66. The summed E-state index contributed by atoms with van der Waals surface area (Å²) in [5.41, 5.74) is -0.307. The van der Waals surface area contributed by atoms with Crippen LogP contribution >= 0.6 is 11.6 Å². The Morgan fingerprint density at radius 3 is 2.23 bits per heavy atom. The van der Waals surface area contributed by atoms with Gasteiger partial charge in [-0.15, -0.1) is 0 Å². The number of nitrogens with zero attached hydrogens (tertiary/aromatic N) is 2. The highest BCUT2D eigenvalue weighted by Gasteiger charge is 2.71. The van der Waals surface area contributed by atoms with E-state index in [9.17, 15) is 34.5 Å². The molecule has 2 aliphatic heterocycles. The molecule has 1 saturated carbocycles. The summed E-state index contributed by atoms with van der Waals surface area (Å²) >= 11 is 6.37. The van der Waals surface area contributed by atoms with Crippen LogP contribution in [0.1, 0.15) is 40.2 Å². The molecule has 0 bridgehead atoms. The topological polar surface area (TPSA) is 162 Å². The summed E-state index contributed by atoms with van der Waals surface area (Å²) < 4.78 is 5.81. The second-order valence-corrected chi connectivity index (χ2v) is 13.9. The fourth-order valence-corrected chi connectivity index (χ4v) is 9.34. The molecule has 2 aliphatic carbocycles. The van der Waals surface area contributed by atoms with E-state index in [0.717, 1.165) is 21.9 Å². The number of fused-ring (bicyclic) bond motifs is 4. The number of ether oxygens (including phenoxy) is 1. The molecule has 6 atom stereocenters. The first-order chi connectivity index (χ1) is 25.0. The molecule has 4 aromatic rings. The van der Waals surface area contributed by atoms with E-state index in [0.29, 0.717) is 16.2 Å². The Bertz CT molecular complexity index is 2250. The molecule has 2 heterocycles. The summed E-state index contributed by atoms with van der Waals surface area (Å²) in [6, 6.07) is 23.6. The van der Waals surface area contributed by atoms with E-state index in [4.69, 9.17) is 16.3 Å². The van der Waals surface area contributed by atoms with Gasteiger partial charge < -0.3 is 20.1 Å². The third kappa shape index (κ3) is 4.55. The molecule has 0 spiro atoms. The van der Waals surface area contributed by atoms with E-state index in [-0.39, 0.29) is 46.8 Å². The minimum absolute atomic E-state index is 0.0149. The first-order valence-electron chi connectivity index (χ1n) is 16.7. The standard InChI is InChI=1S/C40H31ClN2O9/c1-52-31-12-6-11-29(44)33(31)34-24-15-16-26-32(37(48)42(35(26)46)23-13-14-25(38(49)50)30(45)18-23)27(24)19-28-36(47)43(22-10-5-9-21(41)17-22)39(51)40(28,34)20-7-3-2-4-8-20/h2-15,17-18,26-28,32,34,44-45H,16,19H2,1H3,(H,49,50). The number of amides is 4. The van der Waals surface area contributed by atoms with Crippen molar-refractivity contribution in [1.29, 1.82) is 0 Å². The number of carboxylic acid groups (broad SMARTS) is 1. The number of carbonyl (C=O) groups is 5. The SMILES string of the molecule is COc1cccc(O)c1C1C2=CCC3C(=O)N(c4ccc(C(=O)O)c(O)c4)C(=O)C3C2CC2C(=O)N(c3cccc(Cl)c3)C(=O)C21c1ccccc1. The van der Waals surface area contributed by atoms with Crippen LogP contribution in [-0.4, -0.2) is 52.0 Å². The van der Waals surface area contributed by atoms with Gasteiger partial charge in [0.2, 0.25) is 23.6 Å². The van der Waals surface area contributed by atoms with Crippen LogP contribution in [0.5, 0.6) is 17.2 Å². The number of benzene rings is 4. The maximum absolute atomic E-state index is 15.4. The zero-order chi connectivity index (χ0) is 36.6. The minimum atomic E-state index is -1.62. The number of imide groups is 2. The predicted octanol–water partition coefficient (Wildman–Crippen LogP) is 5.83. The molecule has 0 radical (unpaired) electrons. The molecular weight excluding hydrogens is 688 g/mol. The number of carbonyl (C=O) groups excluding carboxylic acids is 4. The van der Waals surface area contributed by atoms with Crippen molar-refractivity contribution in [2.24, 2.45) is 23.7 Å². The molecule has 4 amide bonds. The number of aromatic hydroxyl groups is 2. The van der Waals surface area contributed by atoms with Crippen LogP contribution in [0.2, 0.25) is 5.02 Å². The number of carboxylic acids is 1. The maximum atomic E-state index is 15.4. The van der Waals surface area contributed by atoms with E-state index < -0.39 is 70.4 Å². The van der Waals surface area contributed by atoms with Crippen LogP contribution in [-0.2, 0) is 24.6 Å². The van der Waals surface area contributed by atoms with Gasteiger partial charge >= 0.3 is 5.97 Å². The van der Waals surface area contributed by atoms with Crippen molar-refractivity contribution in [3.8, 4) is 17.2 Å². The van der Waals surface area contributed by atoms with Gasteiger partial charge in [-0.05, 0) is 66.8 Å². The quantitative estimate of drug-likeness (QED) is 0.165. The van der Waals surface area contributed by atoms with Crippen molar-refractivity contribution in [1.82, 2.24) is 0 Å². The van der Waals surface area contributed by atoms with Crippen molar-refractivity contribution in [2.75, 3.05) is 16.9 Å². The fourth-order valence-electron chi connectivity index (χ4n) is 9.15. The predicted molar refractivity (Wildman–Crippen MR) is 188 cm³/mol. The van der Waals surface area contributed by atoms with Crippen LogP contribution in [0.4, 0.5) is 11.4 Å². The van der Waals surface area contributed by atoms with Crippen molar-refractivity contribution in [3.05, 3.63) is 124 Å². The number of hydrogen-bond acceptors (Lipinski definition) is 8. The molecule has 52 heavy (non-hydrogen) atoms. The van der Waals surface area contributed by atoms with Gasteiger partial charge in [-0.1, -0.05) is 65.7 Å². The number of phenolic OH excluding ortho intramolecular Hbond substituents is 1. The van der Waals surface area contributed by atoms with Gasteiger partial charge in [0.1, 0.15) is 22.8 Å². The van der Waals surface area contributed by atoms with E-state index >= 15 is 4.79 Å². The number of methoxy groups -OCH3 is 1. The van der Waals surface area contributed by atoms with Gasteiger partial charge in [-0.3, -0.25) is 19.2 Å². The molecular formula is C40H31ClN2O9. The van der Waals surface area contributed by atoms with Crippen LogP contribution in [0.3, 0.4) is 0 Å². The molecule has 11 nitrogen and oxygen atoms in total. The summed E-state index contributed by atoms with van der Waals surface area (Å²) in [5.74, 6) is -8.65. The Labute approximate surface area is 302 Å². The van der Waals surface area contributed by atoms with Gasteiger partial charge in [-0.2, -0.15) is 0 Å². The third-order valence-electron chi connectivity index (χ3n) is 11.2. The van der Waals surface area contributed by atoms with Crippen molar-refractivity contribution in [2.45, 2.75) is 24.2 Å². The van der Waals surface area contributed by atoms with Gasteiger partial charge in [0.15, 0.2) is 0 Å². The summed E-state index contributed by atoms with van der Waals surface area (Å²) in [7, 11) is 1.44. The van der Waals surface area contributed by atoms with E-state index in [1.165, 1.54) is 25.3 Å². The minimum Gasteiger partial charge on any atom is -0.508 e. The van der Waals surface area contributed by atoms with Crippen LogP contribution < -0.4 is 14.5 Å². The van der Waals surface area contributed by atoms with Gasteiger partial charge in [-0.25, -0.2) is 14.6 Å². The smallest absolute Gasteiger partial charge is 0.339 e. The molecule has 4 aromatic carbocycles. The molecule has 8 rings (SSSR count).